The molecule has 0 amide bonds. The van der Waals surface area contributed by atoms with Crippen LogP contribution in [0.4, 0.5) is 0 Å². The standard InChI is InChI=1S/C90H78N4OSi2.Pt/c1-88(2,3)66-50-47-64(48-51-66)65-49-54-81-83(57-65)92(69-31-30-32-70(61-69)95-71-52-53-79-78-45-28-29-46-80(78)94(82(79)62-71)86-60-67(55-56-91-86)89(4,5)6)63-93(81)87-84(96(72-33-16-10-17-34-72,73-35-18-11-19-36-73)74-37-20-12-21-38-74)58-68(90(7,8)9)59-85(87)97(75-39-22-13-23-40-75,76-41-24-14-25-42-76)77-43-26-15-27-44-77;/h10-60H,1-9H3;/q-2;/i10D,11D,12D,13D,14D,15D,16D,17D,18D,19D,20D,21D,22D,23D,24D,25D,26D,27D,33D,34D,35D,36D,37D,38D,39D,40D,41D,42D,43D,44D;. The maximum Gasteiger partial charge on any atom is 0.268 e. The summed E-state index contributed by atoms with van der Waals surface area (Å²) in [7, 11) is -13.7. The molecule has 0 saturated carbocycles. The normalized spacial score (nSPS) is 16.5. The molecule has 0 atom stereocenters. The molecule has 5 nitrogen and oxygen atoms in total. The number of nitrogens with zero attached hydrogens (tertiary/aromatic N) is 4. The first kappa shape index (κ1) is 38.8. The van der Waals surface area contributed by atoms with Crippen molar-refractivity contribution in [2.24, 2.45) is 0 Å². The van der Waals surface area contributed by atoms with Gasteiger partial charge in [0.2, 0.25) is 0 Å². The maximum atomic E-state index is 10.6. The number of para-hydroxylation sites is 1. The maximum absolute atomic E-state index is 10.6. The van der Waals surface area contributed by atoms with E-state index in [1.807, 2.05) is 92.1 Å². The Morgan fingerprint density at radius 1 is 0.418 bits per heavy atom. The van der Waals surface area contributed by atoms with Crippen LogP contribution in [-0.2, 0) is 37.3 Å². The predicted octanol–water partition coefficient (Wildman–Crippen LogP) is 15.9. The molecule has 0 bridgehead atoms. The Hall–Kier alpha value is -10.0. The van der Waals surface area contributed by atoms with E-state index in [1.165, 1.54) is 22.8 Å². The minimum absolute atomic E-state index is 0. The van der Waals surface area contributed by atoms with E-state index in [0.717, 1.165) is 32.0 Å². The molecule has 0 unspecified atom stereocenters. The van der Waals surface area contributed by atoms with Crippen molar-refractivity contribution in [1.82, 2.24) is 14.1 Å². The molecule has 0 radical (unpaired) electrons. The van der Waals surface area contributed by atoms with Crippen molar-refractivity contribution in [3.63, 3.8) is 0 Å². The van der Waals surface area contributed by atoms with Gasteiger partial charge in [-0.05, 0) is 121 Å². The first-order chi connectivity index (χ1) is 59.4. The fourth-order valence-corrected chi connectivity index (χ4v) is 21.0. The molecule has 12 aromatic carbocycles. The van der Waals surface area contributed by atoms with E-state index in [9.17, 15) is 41.1 Å². The van der Waals surface area contributed by atoms with E-state index in [0.29, 0.717) is 22.5 Å². The van der Waals surface area contributed by atoms with Gasteiger partial charge in [0.25, 0.3) is 6.33 Å². The van der Waals surface area contributed by atoms with Gasteiger partial charge in [-0.25, -0.2) is 4.98 Å². The predicted molar refractivity (Wildman–Crippen MR) is 409 cm³/mol. The van der Waals surface area contributed by atoms with Crippen molar-refractivity contribution < 1.29 is 71.5 Å². The van der Waals surface area contributed by atoms with Crippen molar-refractivity contribution in [3.05, 3.63) is 344 Å². The van der Waals surface area contributed by atoms with Crippen LogP contribution in [0.1, 0.15) is 120 Å². The number of imidazole rings is 1. The van der Waals surface area contributed by atoms with Crippen LogP contribution in [0.3, 0.4) is 0 Å². The average Bonchev–Trinajstić information content (AvgIpc) is 0.818. The van der Waals surface area contributed by atoms with Crippen molar-refractivity contribution >= 4 is 90.5 Å². The fraction of sp³-hybridized carbons (Fsp3) is 0.133. The Balaban J connectivity index is 0.0000133. The number of benzene rings is 12. The molecule has 98 heavy (non-hydrogen) atoms. The number of aromatic nitrogens is 4. The van der Waals surface area contributed by atoms with Gasteiger partial charge in [-0.3, -0.25) is 4.57 Å². The third-order valence-corrected chi connectivity index (χ3v) is 26.0. The molecule has 0 saturated heterocycles. The quantitative estimate of drug-likeness (QED) is 0.0471. The Kier molecular flexibility index (Phi) is 10.3. The van der Waals surface area contributed by atoms with Gasteiger partial charge in [-0.1, -0.05) is 316 Å². The largest absolute Gasteiger partial charge is 0.510 e. The summed E-state index contributed by atoms with van der Waals surface area (Å²) in [4.78, 5) is 4.85. The van der Waals surface area contributed by atoms with E-state index in [1.54, 1.807) is 63.4 Å². The monoisotopic (exact) mass is 1510 g/mol. The molecule has 0 fully saturated rings. The molecule has 8 heteroatoms. The second-order valence-corrected chi connectivity index (χ2v) is 33.6. The van der Waals surface area contributed by atoms with Crippen LogP contribution in [-0.4, -0.2) is 30.3 Å². The van der Waals surface area contributed by atoms with Crippen LogP contribution in [0.5, 0.6) is 11.5 Å². The molecule has 484 valence electrons. The van der Waals surface area contributed by atoms with E-state index in [2.05, 4.69) is 39.2 Å². The van der Waals surface area contributed by atoms with Crippen molar-refractivity contribution in [3.8, 4) is 39.8 Å². The van der Waals surface area contributed by atoms with E-state index < -0.39 is 250 Å². The Morgan fingerprint density at radius 2 is 0.888 bits per heavy atom. The van der Waals surface area contributed by atoms with Crippen LogP contribution < -0.4 is 50.8 Å². The second kappa shape index (κ2) is 26.1. The third-order valence-electron chi connectivity index (χ3n) is 17.6. The number of pyridine rings is 1. The minimum atomic E-state index is -6.86. The molecular formula is C90H78N4OPtSi2-2. The van der Waals surface area contributed by atoms with Crippen molar-refractivity contribution in [2.45, 2.75) is 78.6 Å². The third kappa shape index (κ3) is 11.6. The zero-order valence-electron chi connectivity index (χ0n) is 84.6. The smallest absolute Gasteiger partial charge is 0.268 e. The second-order valence-electron chi connectivity index (χ2n) is 26.6. The summed E-state index contributed by atoms with van der Waals surface area (Å²) in [5.41, 5.74) is 0.900. The zero-order chi connectivity index (χ0) is 92.8. The van der Waals surface area contributed by atoms with Gasteiger partial charge < -0.3 is 13.9 Å². The molecule has 0 aliphatic heterocycles. The van der Waals surface area contributed by atoms with Gasteiger partial charge in [0.05, 0.1) is 57.8 Å². The van der Waals surface area contributed by atoms with Crippen molar-refractivity contribution in [2.75, 3.05) is 0 Å². The minimum Gasteiger partial charge on any atom is -0.510 e. The molecule has 0 N–H and O–H groups in total. The number of ether oxygens (including phenoxy) is 1. The van der Waals surface area contributed by atoms with Crippen LogP contribution in [0.25, 0.3) is 61.2 Å². The van der Waals surface area contributed by atoms with Gasteiger partial charge in [0, 0.05) is 44.3 Å². The summed E-state index contributed by atoms with van der Waals surface area (Å²) >= 11 is 0. The van der Waals surface area contributed by atoms with Gasteiger partial charge in [0.1, 0.15) is 5.82 Å². The van der Waals surface area contributed by atoms with Gasteiger partial charge >= 0.3 is 0 Å². The van der Waals surface area contributed by atoms with Gasteiger partial charge in [0.15, 0.2) is 16.1 Å². The first-order valence-corrected chi connectivity index (χ1v) is 35.3. The van der Waals surface area contributed by atoms with E-state index in [4.69, 9.17) is 9.72 Å². The SMILES string of the molecule is [2H]c1c([2H])c([2H])c([Si](c2cc(C(C)(C)C)cc([Si](c3c([2H])c([2H])c([2H])c([2H])c3[2H])(c3c([2H])c([2H])c([2H])c([2H])c3[2H])c3c([2H])c([2H])c([2H])c([2H])c3[2H])c2-[n+]2[c-]n(-c3[c-]c(Oc4[c-]c5c(cc4)c4ccccc4n5-c4cc(C(C)(C)C)ccn4)ccc3)c3cc(-c4ccc(C(C)(C)C)cc4)ccc32)(c2c([2H])c([2H])c([2H])c([2H])c2[2H])c2c([2H])c([2H])c([2H])c([2H])c2[2H])c([2H])c1[2H].[Pt]. The number of rotatable bonds is 14. The molecule has 0 spiro atoms. The number of fused-ring (bicyclic) bond motifs is 4. The average molecular weight is 1510 g/mol. The fourth-order valence-electron chi connectivity index (χ4n) is 12.8. The molecular weight excluding hydrogens is 1400 g/mol. The van der Waals surface area contributed by atoms with Gasteiger partial charge in [-0.2, -0.15) is 18.2 Å². The summed E-state index contributed by atoms with van der Waals surface area (Å²) in [6, 6.07) is 5.34. The summed E-state index contributed by atoms with van der Waals surface area (Å²) in [6.45, 7) is 17.0. The Morgan fingerprint density at radius 3 is 1.38 bits per heavy atom. The van der Waals surface area contributed by atoms with Crippen LogP contribution in [0.15, 0.2) is 309 Å². The molecule has 15 aromatic rings. The van der Waals surface area contributed by atoms with Crippen LogP contribution >= 0.6 is 0 Å². The first-order valence-electron chi connectivity index (χ1n) is 46.3. The summed E-state index contributed by atoms with van der Waals surface area (Å²) in [5.74, 6) is 0.740. The topological polar surface area (TPSA) is 35.9 Å². The van der Waals surface area contributed by atoms with Crippen LogP contribution in [0, 0.1) is 18.5 Å². The summed E-state index contributed by atoms with van der Waals surface area (Å²) in [6.07, 6.45) is 5.18. The molecule has 15 rings (SSSR count). The molecule has 0 aliphatic rings. The van der Waals surface area contributed by atoms with Gasteiger partial charge in [-0.15, -0.1) is 29.7 Å². The zero-order valence-corrected chi connectivity index (χ0v) is 58.9. The molecule has 3 aromatic heterocycles. The molecule has 0 aliphatic carbocycles. The van der Waals surface area contributed by atoms with E-state index >= 15 is 0 Å². The number of hydrogen-bond donors (Lipinski definition) is 0. The Labute approximate surface area is 635 Å². The summed E-state index contributed by atoms with van der Waals surface area (Å²) < 4.78 is 311. The molecule has 3 heterocycles. The van der Waals surface area contributed by atoms with Crippen molar-refractivity contribution in [1.29, 1.82) is 0 Å². The van der Waals surface area contributed by atoms with Crippen LogP contribution in [0.2, 0.25) is 0 Å². The summed E-state index contributed by atoms with van der Waals surface area (Å²) in [5, 5.41) is -6.49. The Bertz CT molecular complexity index is 6530. The van der Waals surface area contributed by atoms with E-state index in [-0.39, 0.29) is 65.7 Å². The number of hydrogen-bond acceptors (Lipinski definition) is 2.